The van der Waals surface area contributed by atoms with Gasteiger partial charge in [0.2, 0.25) is 5.82 Å². The summed E-state index contributed by atoms with van der Waals surface area (Å²) in [4.78, 5) is 12.5. The fourth-order valence-electron chi connectivity index (χ4n) is 4.36. The predicted molar refractivity (Wildman–Crippen MR) is 121 cm³/mol. The number of carbonyl (C=O) groups is 1. The molecule has 0 spiro atoms. The van der Waals surface area contributed by atoms with Crippen LogP contribution in [0, 0.1) is 24.5 Å². The van der Waals surface area contributed by atoms with Gasteiger partial charge in [0.1, 0.15) is 21.5 Å². The number of hydrogen-bond acceptors (Lipinski definition) is 6. The SMILES string of the molecule is Cc1cc(S(=O)(=O)[O-])c(C(C)C)cc1OC(=O)c1cc(F)c(F)c(OC2(C(C)C)CCCC2)c1. The van der Waals surface area contributed by atoms with Crippen LogP contribution in [-0.2, 0) is 10.1 Å². The smallest absolute Gasteiger partial charge is 0.343 e. The van der Waals surface area contributed by atoms with Crippen LogP contribution >= 0.6 is 0 Å². The van der Waals surface area contributed by atoms with Gasteiger partial charge in [-0.3, -0.25) is 0 Å². The van der Waals surface area contributed by atoms with Crippen LogP contribution in [0.3, 0.4) is 0 Å². The summed E-state index contributed by atoms with van der Waals surface area (Å²) < 4.78 is 75.3. The minimum absolute atomic E-state index is 0.0164. The zero-order valence-corrected chi connectivity index (χ0v) is 20.7. The molecule has 9 heteroatoms. The second-order valence-electron chi connectivity index (χ2n) is 9.45. The minimum atomic E-state index is -4.74. The minimum Gasteiger partial charge on any atom is -0.744 e. The highest BCUT2D eigenvalue weighted by Crippen LogP contribution is 2.41. The number of halogens is 2. The maximum absolute atomic E-state index is 14.6. The summed E-state index contributed by atoms with van der Waals surface area (Å²) in [6, 6.07) is 4.31. The van der Waals surface area contributed by atoms with Gasteiger partial charge in [0.25, 0.3) is 0 Å². The Balaban J connectivity index is 1.96. The largest absolute Gasteiger partial charge is 0.744 e. The lowest BCUT2D eigenvalue weighted by molar-refractivity contribution is 0.0243. The van der Waals surface area contributed by atoms with E-state index in [1.165, 1.54) is 13.0 Å². The Kier molecular flexibility index (Phi) is 7.38. The molecule has 0 radical (unpaired) electrons. The van der Waals surface area contributed by atoms with Crippen molar-refractivity contribution in [2.75, 3.05) is 0 Å². The van der Waals surface area contributed by atoms with Gasteiger partial charge in [0.15, 0.2) is 11.6 Å². The predicted octanol–water partition coefficient (Wildman–Crippen LogP) is 5.87. The highest BCUT2D eigenvalue weighted by Gasteiger charge is 2.40. The molecule has 0 heterocycles. The van der Waals surface area contributed by atoms with E-state index in [0.29, 0.717) is 12.8 Å². The quantitative estimate of drug-likeness (QED) is 0.271. The molecule has 0 N–H and O–H groups in total. The summed E-state index contributed by atoms with van der Waals surface area (Å²) in [6.07, 6.45) is 3.23. The Morgan fingerprint density at radius 2 is 1.65 bits per heavy atom. The first-order valence-electron chi connectivity index (χ1n) is 11.3. The van der Waals surface area contributed by atoms with E-state index >= 15 is 0 Å². The van der Waals surface area contributed by atoms with Crippen molar-refractivity contribution in [1.82, 2.24) is 0 Å². The van der Waals surface area contributed by atoms with Crippen molar-refractivity contribution in [2.45, 2.75) is 76.7 Å². The van der Waals surface area contributed by atoms with E-state index in [-0.39, 0.29) is 44.9 Å². The molecule has 1 saturated carbocycles. The lowest BCUT2D eigenvalue weighted by atomic mass is 9.88. The molecule has 2 aromatic carbocycles. The van der Waals surface area contributed by atoms with Crippen molar-refractivity contribution in [3.8, 4) is 11.5 Å². The average Bonchev–Trinajstić information content (AvgIpc) is 3.21. The number of benzene rings is 2. The summed E-state index contributed by atoms with van der Waals surface area (Å²) in [6.45, 7) is 8.78. The Labute approximate surface area is 199 Å². The molecular formula is C25H29F2O6S-. The second-order valence-corrected chi connectivity index (χ2v) is 10.8. The van der Waals surface area contributed by atoms with Crippen molar-refractivity contribution in [3.05, 3.63) is 52.6 Å². The molecule has 0 bridgehead atoms. The summed E-state index contributed by atoms with van der Waals surface area (Å²) in [5.41, 5.74) is -0.469. The first kappa shape index (κ1) is 26.1. The molecule has 0 atom stereocenters. The Morgan fingerprint density at radius 1 is 1.03 bits per heavy atom. The fourth-order valence-corrected chi connectivity index (χ4v) is 5.26. The van der Waals surface area contributed by atoms with E-state index in [1.807, 2.05) is 13.8 Å². The van der Waals surface area contributed by atoms with Crippen LogP contribution in [0.1, 0.15) is 80.8 Å². The summed E-state index contributed by atoms with van der Waals surface area (Å²) in [7, 11) is -4.74. The molecule has 0 amide bonds. The van der Waals surface area contributed by atoms with Crippen LogP contribution in [0.2, 0.25) is 0 Å². The van der Waals surface area contributed by atoms with Crippen molar-refractivity contribution < 1.29 is 36.0 Å². The molecule has 2 aromatic rings. The molecule has 3 rings (SSSR count). The molecule has 0 saturated heterocycles. The molecule has 1 aliphatic rings. The van der Waals surface area contributed by atoms with Gasteiger partial charge in [0, 0.05) is 0 Å². The third-order valence-corrected chi connectivity index (χ3v) is 7.34. The number of carbonyl (C=O) groups excluding carboxylic acids is 1. The Bertz CT molecular complexity index is 1200. The fraction of sp³-hybridized carbons (Fsp3) is 0.480. The van der Waals surface area contributed by atoms with Gasteiger partial charge in [-0.25, -0.2) is 17.6 Å². The van der Waals surface area contributed by atoms with E-state index < -0.39 is 33.3 Å². The first-order chi connectivity index (χ1) is 15.7. The lowest BCUT2D eigenvalue weighted by Gasteiger charge is -2.34. The Morgan fingerprint density at radius 3 is 2.18 bits per heavy atom. The number of ether oxygens (including phenoxy) is 2. The van der Waals surface area contributed by atoms with Crippen molar-refractivity contribution in [3.63, 3.8) is 0 Å². The van der Waals surface area contributed by atoms with Crippen LogP contribution in [0.4, 0.5) is 8.78 Å². The summed E-state index contributed by atoms with van der Waals surface area (Å²) in [5.74, 6) is -4.01. The third kappa shape index (κ3) is 5.25. The molecule has 0 unspecified atom stereocenters. The van der Waals surface area contributed by atoms with Crippen LogP contribution in [-0.4, -0.2) is 24.5 Å². The third-order valence-electron chi connectivity index (χ3n) is 6.45. The normalized spacial score (nSPS) is 15.7. The van der Waals surface area contributed by atoms with Gasteiger partial charge < -0.3 is 14.0 Å². The molecular weight excluding hydrogens is 466 g/mol. The molecule has 0 aliphatic heterocycles. The Hall–Kier alpha value is -2.52. The van der Waals surface area contributed by atoms with Crippen LogP contribution in [0.15, 0.2) is 29.2 Å². The lowest BCUT2D eigenvalue weighted by Crippen LogP contribution is -2.38. The van der Waals surface area contributed by atoms with Crippen molar-refractivity contribution in [1.29, 1.82) is 0 Å². The monoisotopic (exact) mass is 495 g/mol. The van der Waals surface area contributed by atoms with E-state index in [4.69, 9.17) is 9.47 Å². The van der Waals surface area contributed by atoms with Gasteiger partial charge in [-0.15, -0.1) is 0 Å². The zero-order valence-electron chi connectivity index (χ0n) is 19.9. The van der Waals surface area contributed by atoms with Crippen molar-refractivity contribution in [2.24, 2.45) is 5.92 Å². The number of hydrogen-bond donors (Lipinski definition) is 0. The standard InChI is InChI=1S/C25H30F2O6S/c1-14(2)18-13-20(16(5)10-22(18)34(29,30)31)32-24(28)17-11-19(26)23(27)21(12-17)33-25(15(3)4)8-6-7-9-25/h10-15H,6-9H2,1-5H3,(H,29,30,31)/p-1. The molecule has 186 valence electrons. The van der Waals surface area contributed by atoms with Gasteiger partial charge in [-0.1, -0.05) is 27.7 Å². The van der Waals surface area contributed by atoms with E-state index in [0.717, 1.165) is 31.0 Å². The first-order valence-corrected chi connectivity index (χ1v) is 12.7. The highest BCUT2D eigenvalue weighted by atomic mass is 32.2. The molecule has 0 aromatic heterocycles. The maximum Gasteiger partial charge on any atom is 0.343 e. The highest BCUT2D eigenvalue weighted by molar-refractivity contribution is 7.85. The van der Waals surface area contributed by atoms with Gasteiger partial charge >= 0.3 is 5.97 Å². The van der Waals surface area contributed by atoms with E-state index in [1.54, 1.807) is 13.8 Å². The summed E-state index contributed by atoms with van der Waals surface area (Å²) in [5, 5.41) is 0. The van der Waals surface area contributed by atoms with Gasteiger partial charge in [0.05, 0.1) is 10.5 Å². The van der Waals surface area contributed by atoms with E-state index in [9.17, 15) is 26.5 Å². The zero-order chi connectivity index (χ0) is 25.4. The molecule has 1 fully saturated rings. The molecule has 6 nitrogen and oxygen atoms in total. The average molecular weight is 496 g/mol. The molecule has 34 heavy (non-hydrogen) atoms. The van der Waals surface area contributed by atoms with Crippen LogP contribution in [0.5, 0.6) is 11.5 Å². The molecule has 1 aliphatic carbocycles. The van der Waals surface area contributed by atoms with Crippen LogP contribution in [0.25, 0.3) is 0 Å². The van der Waals surface area contributed by atoms with Gasteiger partial charge in [-0.2, -0.15) is 4.39 Å². The maximum atomic E-state index is 14.6. The second kappa shape index (κ2) is 9.62. The number of esters is 1. The topological polar surface area (TPSA) is 92.7 Å². The van der Waals surface area contributed by atoms with Crippen molar-refractivity contribution >= 4 is 16.1 Å². The summed E-state index contributed by atoms with van der Waals surface area (Å²) >= 11 is 0. The van der Waals surface area contributed by atoms with E-state index in [2.05, 4.69) is 0 Å². The number of aryl methyl sites for hydroxylation is 1. The number of rotatable bonds is 7. The van der Waals surface area contributed by atoms with Crippen LogP contribution < -0.4 is 9.47 Å². The van der Waals surface area contributed by atoms with Gasteiger partial charge in [-0.05, 0) is 79.8 Å².